The van der Waals surface area contributed by atoms with Crippen molar-refractivity contribution in [2.45, 2.75) is 6.54 Å². The van der Waals surface area contributed by atoms with Crippen LogP contribution < -0.4 is 0 Å². The maximum Gasteiger partial charge on any atom is 0.259 e. The zero-order valence-corrected chi connectivity index (χ0v) is 10.3. The second-order valence-corrected chi connectivity index (χ2v) is 4.32. The van der Waals surface area contributed by atoms with Gasteiger partial charge >= 0.3 is 0 Å². The second-order valence-electron chi connectivity index (χ2n) is 3.92. The van der Waals surface area contributed by atoms with E-state index in [4.69, 9.17) is 16.1 Å². The van der Waals surface area contributed by atoms with Crippen LogP contribution in [0, 0.1) is 0 Å². The number of phenols is 1. The van der Waals surface area contributed by atoms with Gasteiger partial charge in [-0.05, 0) is 32.3 Å². The molecule has 0 saturated carbocycles. The Morgan fingerprint density at radius 1 is 1.41 bits per heavy atom. The normalized spacial score (nSPS) is 11.1. The first-order valence-electron chi connectivity index (χ1n) is 5.02. The van der Waals surface area contributed by atoms with Crippen LogP contribution >= 0.6 is 11.6 Å². The van der Waals surface area contributed by atoms with Gasteiger partial charge in [0, 0.05) is 0 Å². The molecule has 2 rings (SSSR count). The van der Waals surface area contributed by atoms with Crippen LogP contribution in [0.25, 0.3) is 11.5 Å². The lowest BCUT2D eigenvalue weighted by molar-refractivity contribution is 0.365. The number of hydrogen-bond donors (Lipinski definition) is 1. The van der Waals surface area contributed by atoms with E-state index in [-0.39, 0.29) is 5.75 Å². The zero-order valence-electron chi connectivity index (χ0n) is 9.51. The molecule has 0 aliphatic carbocycles. The molecule has 0 unspecified atom stereocenters. The van der Waals surface area contributed by atoms with Crippen LogP contribution in [0.3, 0.4) is 0 Å². The molecule has 0 bridgehead atoms. The fraction of sp³-hybridized carbons (Fsp3) is 0.273. The first kappa shape index (κ1) is 11.9. The topological polar surface area (TPSA) is 62.4 Å². The van der Waals surface area contributed by atoms with Gasteiger partial charge in [-0.25, -0.2) is 0 Å². The maximum absolute atomic E-state index is 9.39. The Bertz CT molecular complexity index is 525. The van der Waals surface area contributed by atoms with Crippen LogP contribution in [0.1, 0.15) is 5.82 Å². The minimum Gasteiger partial charge on any atom is -0.508 e. The highest BCUT2D eigenvalue weighted by Gasteiger charge is 2.13. The third-order valence-corrected chi connectivity index (χ3v) is 2.44. The zero-order chi connectivity index (χ0) is 12.4. The molecule has 1 aromatic carbocycles. The molecule has 90 valence electrons. The summed E-state index contributed by atoms with van der Waals surface area (Å²) in [6.45, 7) is 0.583. The van der Waals surface area contributed by atoms with E-state index in [0.29, 0.717) is 28.8 Å². The number of phenolic OH excluding ortho intramolecular Hbond substituents is 1. The molecule has 0 spiro atoms. The predicted octanol–water partition coefficient (Wildman–Crippen LogP) is 2.16. The van der Waals surface area contributed by atoms with Crippen LogP contribution in [0.5, 0.6) is 5.75 Å². The van der Waals surface area contributed by atoms with Crippen molar-refractivity contribution in [1.29, 1.82) is 0 Å². The third-order valence-electron chi connectivity index (χ3n) is 2.11. The van der Waals surface area contributed by atoms with Gasteiger partial charge in [-0.1, -0.05) is 16.8 Å². The molecule has 0 aliphatic heterocycles. The van der Waals surface area contributed by atoms with Crippen molar-refractivity contribution in [2.24, 2.45) is 0 Å². The van der Waals surface area contributed by atoms with E-state index in [0.717, 1.165) is 0 Å². The highest BCUT2D eigenvalue weighted by molar-refractivity contribution is 6.33. The van der Waals surface area contributed by atoms with E-state index >= 15 is 0 Å². The summed E-state index contributed by atoms with van der Waals surface area (Å²) in [5.74, 6) is 0.990. The summed E-state index contributed by atoms with van der Waals surface area (Å²) in [5.41, 5.74) is 0.532. The van der Waals surface area contributed by atoms with Gasteiger partial charge in [-0.3, -0.25) is 0 Å². The summed E-state index contributed by atoms with van der Waals surface area (Å²) >= 11 is 6.00. The average molecular weight is 254 g/mol. The molecular formula is C11H12ClN3O2. The van der Waals surface area contributed by atoms with E-state index in [1.165, 1.54) is 12.1 Å². The smallest absolute Gasteiger partial charge is 0.259 e. The van der Waals surface area contributed by atoms with Gasteiger partial charge in [-0.2, -0.15) is 4.98 Å². The van der Waals surface area contributed by atoms with Gasteiger partial charge in [0.1, 0.15) is 5.75 Å². The summed E-state index contributed by atoms with van der Waals surface area (Å²) < 4.78 is 5.10. The molecule has 1 heterocycles. The summed E-state index contributed by atoms with van der Waals surface area (Å²) in [6, 6.07) is 4.58. The molecular weight excluding hydrogens is 242 g/mol. The van der Waals surface area contributed by atoms with Gasteiger partial charge in [0.2, 0.25) is 0 Å². The number of aromatic nitrogens is 2. The lowest BCUT2D eigenvalue weighted by Gasteiger charge is -2.03. The first-order chi connectivity index (χ1) is 8.06. The summed E-state index contributed by atoms with van der Waals surface area (Å²) in [4.78, 5) is 6.14. The van der Waals surface area contributed by atoms with E-state index < -0.39 is 0 Å². The molecule has 17 heavy (non-hydrogen) atoms. The summed E-state index contributed by atoms with van der Waals surface area (Å²) in [5, 5.41) is 13.7. The van der Waals surface area contributed by atoms with Crippen molar-refractivity contribution in [3.8, 4) is 17.2 Å². The minimum absolute atomic E-state index is 0.108. The van der Waals surface area contributed by atoms with Gasteiger partial charge in [0.15, 0.2) is 5.82 Å². The van der Waals surface area contributed by atoms with Crippen LogP contribution in [-0.2, 0) is 6.54 Å². The molecule has 5 nitrogen and oxygen atoms in total. The Morgan fingerprint density at radius 2 is 2.18 bits per heavy atom. The number of halogens is 1. The molecule has 1 aromatic heterocycles. The SMILES string of the molecule is CN(C)Cc1noc(-c2cc(O)ccc2Cl)n1. The Morgan fingerprint density at radius 3 is 2.88 bits per heavy atom. The molecule has 0 fully saturated rings. The van der Waals surface area contributed by atoms with Crippen molar-refractivity contribution in [1.82, 2.24) is 15.0 Å². The van der Waals surface area contributed by atoms with Gasteiger partial charge in [0.25, 0.3) is 5.89 Å². The molecule has 2 aromatic rings. The quantitative estimate of drug-likeness (QED) is 0.908. The van der Waals surface area contributed by atoms with Crippen LogP contribution in [0.15, 0.2) is 22.7 Å². The van der Waals surface area contributed by atoms with Crippen molar-refractivity contribution in [3.63, 3.8) is 0 Å². The largest absolute Gasteiger partial charge is 0.508 e. The predicted molar refractivity (Wildman–Crippen MR) is 63.8 cm³/mol. The van der Waals surface area contributed by atoms with E-state index in [1.54, 1.807) is 6.07 Å². The molecule has 0 radical (unpaired) electrons. The van der Waals surface area contributed by atoms with Crippen molar-refractivity contribution >= 4 is 11.6 Å². The second kappa shape index (κ2) is 4.73. The van der Waals surface area contributed by atoms with Crippen LogP contribution in [0.2, 0.25) is 5.02 Å². The van der Waals surface area contributed by atoms with Gasteiger partial charge in [0.05, 0.1) is 17.1 Å². The molecule has 6 heteroatoms. The summed E-state index contributed by atoms with van der Waals surface area (Å²) in [7, 11) is 3.83. The number of nitrogens with zero attached hydrogens (tertiary/aromatic N) is 3. The minimum atomic E-state index is 0.108. The molecule has 0 saturated heterocycles. The summed E-state index contributed by atoms with van der Waals surface area (Å²) in [6.07, 6.45) is 0. The number of benzene rings is 1. The highest BCUT2D eigenvalue weighted by atomic mass is 35.5. The van der Waals surface area contributed by atoms with Crippen molar-refractivity contribution < 1.29 is 9.63 Å². The first-order valence-corrected chi connectivity index (χ1v) is 5.40. The molecule has 1 N–H and O–H groups in total. The molecule has 0 aliphatic rings. The molecule has 0 amide bonds. The Hall–Kier alpha value is -1.59. The average Bonchev–Trinajstić information content (AvgIpc) is 2.69. The number of aromatic hydroxyl groups is 1. The van der Waals surface area contributed by atoms with E-state index in [9.17, 15) is 5.11 Å². The monoisotopic (exact) mass is 253 g/mol. The lowest BCUT2D eigenvalue weighted by Crippen LogP contribution is -2.11. The maximum atomic E-state index is 9.39. The van der Waals surface area contributed by atoms with E-state index in [1.807, 2.05) is 19.0 Å². The van der Waals surface area contributed by atoms with Crippen LogP contribution in [0.4, 0.5) is 0 Å². The fourth-order valence-electron chi connectivity index (χ4n) is 1.39. The molecule has 0 atom stereocenters. The van der Waals surface area contributed by atoms with Gasteiger partial charge < -0.3 is 14.5 Å². The Kier molecular flexibility index (Phi) is 3.31. The highest BCUT2D eigenvalue weighted by Crippen LogP contribution is 2.29. The van der Waals surface area contributed by atoms with Crippen LogP contribution in [-0.4, -0.2) is 34.2 Å². The van der Waals surface area contributed by atoms with Crippen molar-refractivity contribution in [2.75, 3.05) is 14.1 Å². The number of rotatable bonds is 3. The fourth-order valence-corrected chi connectivity index (χ4v) is 1.59. The van der Waals surface area contributed by atoms with E-state index in [2.05, 4.69) is 10.1 Å². The lowest BCUT2D eigenvalue weighted by atomic mass is 10.2. The van der Waals surface area contributed by atoms with Crippen molar-refractivity contribution in [3.05, 3.63) is 29.0 Å². The Labute approximate surface area is 104 Å². The standard InChI is InChI=1S/C11H12ClN3O2/c1-15(2)6-10-13-11(17-14-10)8-5-7(16)3-4-9(8)12/h3-5,16H,6H2,1-2H3. The number of hydrogen-bond acceptors (Lipinski definition) is 5. The van der Waals surface area contributed by atoms with Gasteiger partial charge in [-0.15, -0.1) is 0 Å². The Balaban J connectivity index is 2.33. The third kappa shape index (κ3) is 2.75.